The molecule has 2 aromatic heterocycles. The lowest BCUT2D eigenvalue weighted by Gasteiger charge is -2.21. The molecule has 0 amide bonds. The van der Waals surface area contributed by atoms with E-state index in [9.17, 15) is 0 Å². The molecule has 0 aromatic carbocycles. The van der Waals surface area contributed by atoms with Crippen molar-refractivity contribution >= 4 is 22.6 Å². The van der Waals surface area contributed by atoms with Crippen molar-refractivity contribution in [1.82, 2.24) is 19.3 Å². The Morgan fingerprint density at radius 2 is 1.81 bits per heavy atom. The van der Waals surface area contributed by atoms with Crippen molar-refractivity contribution < 1.29 is 0 Å². The fourth-order valence-corrected chi connectivity index (χ4v) is 3.18. The molecule has 2 aromatic rings. The Morgan fingerprint density at radius 1 is 1.10 bits per heavy atom. The number of hydrogen-bond donors (Lipinski definition) is 0. The molecule has 1 aliphatic heterocycles. The topological polar surface area (TPSA) is 58.0 Å². The maximum Gasteiger partial charge on any atom is 0.225 e. The van der Waals surface area contributed by atoms with Crippen LogP contribution < -0.4 is 9.80 Å². The van der Waals surface area contributed by atoms with Crippen LogP contribution in [0.1, 0.15) is 24.7 Å². The normalized spacial score (nSPS) is 16.1. The van der Waals surface area contributed by atoms with E-state index < -0.39 is 0 Å². The monoisotopic (exact) mass is 304 g/mol. The SMILES string of the molecule is CCc1nsc(N2CCCN(c3ncc(C)cn3)CC2)n1. The van der Waals surface area contributed by atoms with Crippen LogP contribution in [0.2, 0.25) is 0 Å². The summed E-state index contributed by atoms with van der Waals surface area (Å²) in [5, 5.41) is 1.04. The average Bonchev–Trinajstić information content (AvgIpc) is 2.85. The number of hydrogen-bond acceptors (Lipinski definition) is 7. The molecule has 0 radical (unpaired) electrons. The van der Waals surface area contributed by atoms with Crippen LogP contribution >= 0.6 is 11.5 Å². The molecule has 0 N–H and O–H groups in total. The highest BCUT2D eigenvalue weighted by atomic mass is 32.1. The second-order valence-electron chi connectivity index (χ2n) is 5.23. The van der Waals surface area contributed by atoms with Crippen LogP contribution in [0.15, 0.2) is 12.4 Å². The van der Waals surface area contributed by atoms with Gasteiger partial charge in [0.15, 0.2) is 0 Å². The van der Waals surface area contributed by atoms with E-state index >= 15 is 0 Å². The van der Waals surface area contributed by atoms with E-state index in [4.69, 9.17) is 0 Å². The van der Waals surface area contributed by atoms with Crippen molar-refractivity contribution in [2.75, 3.05) is 36.0 Å². The second kappa shape index (κ2) is 6.34. The highest BCUT2D eigenvalue weighted by molar-refractivity contribution is 7.09. The molecule has 1 saturated heterocycles. The first-order chi connectivity index (χ1) is 10.3. The van der Waals surface area contributed by atoms with E-state index in [0.29, 0.717) is 0 Å². The zero-order chi connectivity index (χ0) is 14.7. The lowest BCUT2D eigenvalue weighted by molar-refractivity contribution is 0.780. The first-order valence-electron chi connectivity index (χ1n) is 7.37. The van der Waals surface area contributed by atoms with Crippen molar-refractivity contribution in [2.45, 2.75) is 26.7 Å². The molecule has 0 bridgehead atoms. The molecular formula is C14H20N6S. The second-order valence-corrected chi connectivity index (χ2v) is 5.97. The number of rotatable bonds is 3. The Labute approximate surface area is 129 Å². The molecule has 3 rings (SSSR count). The van der Waals surface area contributed by atoms with Gasteiger partial charge in [0, 0.05) is 56.5 Å². The molecule has 6 nitrogen and oxygen atoms in total. The van der Waals surface area contributed by atoms with Crippen molar-refractivity contribution in [3.8, 4) is 0 Å². The average molecular weight is 304 g/mol. The fourth-order valence-electron chi connectivity index (χ4n) is 2.37. The van der Waals surface area contributed by atoms with Gasteiger partial charge < -0.3 is 9.80 Å². The maximum atomic E-state index is 4.59. The molecule has 1 aliphatic rings. The Hall–Kier alpha value is -1.76. The highest BCUT2D eigenvalue weighted by Gasteiger charge is 2.19. The van der Waals surface area contributed by atoms with E-state index in [1.807, 2.05) is 19.3 Å². The predicted octanol–water partition coefficient (Wildman–Crippen LogP) is 1.92. The standard InChI is InChI=1S/C14H20N6S/c1-3-12-17-14(21-18-12)20-6-4-5-19(7-8-20)13-15-9-11(2)10-16-13/h9-10H,3-8H2,1-2H3. The molecule has 21 heavy (non-hydrogen) atoms. The van der Waals surface area contributed by atoms with Crippen LogP contribution in [-0.2, 0) is 6.42 Å². The lowest BCUT2D eigenvalue weighted by Crippen LogP contribution is -2.31. The van der Waals surface area contributed by atoms with Gasteiger partial charge in [-0.25, -0.2) is 15.0 Å². The van der Waals surface area contributed by atoms with Crippen LogP contribution in [-0.4, -0.2) is 45.5 Å². The summed E-state index contributed by atoms with van der Waals surface area (Å²) in [7, 11) is 0. The van der Waals surface area contributed by atoms with Gasteiger partial charge in [-0.2, -0.15) is 4.37 Å². The van der Waals surface area contributed by atoms with E-state index in [2.05, 4.69) is 36.0 Å². The van der Waals surface area contributed by atoms with Crippen molar-refractivity contribution in [3.63, 3.8) is 0 Å². The van der Waals surface area contributed by atoms with E-state index in [0.717, 1.165) is 61.5 Å². The van der Waals surface area contributed by atoms with Gasteiger partial charge in [-0.1, -0.05) is 6.92 Å². The molecular weight excluding hydrogens is 284 g/mol. The van der Waals surface area contributed by atoms with E-state index in [-0.39, 0.29) is 0 Å². The maximum absolute atomic E-state index is 4.59. The molecule has 112 valence electrons. The smallest absolute Gasteiger partial charge is 0.225 e. The molecule has 0 spiro atoms. The van der Waals surface area contributed by atoms with Crippen molar-refractivity contribution in [3.05, 3.63) is 23.8 Å². The van der Waals surface area contributed by atoms with Gasteiger partial charge in [-0.3, -0.25) is 0 Å². The first-order valence-corrected chi connectivity index (χ1v) is 8.14. The molecule has 0 unspecified atom stereocenters. The first kappa shape index (κ1) is 14.2. The van der Waals surface area contributed by atoms with Gasteiger partial charge in [-0.15, -0.1) is 0 Å². The van der Waals surface area contributed by atoms with Crippen LogP contribution in [0, 0.1) is 6.92 Å². The Bertz CT molecular complexity index is 581. The summed E-state index contributed by atoms with van der Waals surface area (Å²) in [6.07, 6.45) is 5.73. The van der Waals surface area contributed by atoms with Gasteiger partial charge in [0.25, 0.3) is 0 Å². The Morgan fingerprint density at radius 3 is 2.52 bits per heavy atom. The number of anilines is 2. The predicted molar refractivity (Wildman–Crippen MR) is 85.1 cm³/mol. The molecule has 3 heterocycles. The van der Waals surface area contributed by atoms with Gasteiger partial charge >= 0.3 is 0 Å². The van der Waals surface area contributed by atoms with Gasteiger partial charge in [0.1, 0.15) is 5.82 Å². The third-order valence-electron chi connectivity index (χ3n) is 3.59. The number of aryl methyl sites for hydroxylation is 2. The number of aromatic nitrogens is 4. The molecule has 0 atom stereocenters. The van der Waals surface area contributed by atoms with E-state index in [1.165, 1.54) is 11.5 Å². The minimum absolute atomic E-state index is 0.828. The summed E-state index contributed by atoms with van der Waals surface area (Å²) < 4.78 is 4.38. The quantitative estimate of drug-likeness (QED) is 0.863. The molecule has 0 aliphatic carbocycles. The summed E-state index contributed by atoms with van der Waals surface area (Å²) in [5.41, 5.74) is 1.09. The van der Waals surface area contributed by atoms with Gasteiger partial charge in [0.2, 0.25) is 11.1 Å². The fraction of sp³-hybridized carbons (Fsp3) is 0.571. The van der Waals surface area contributed by atoms with E-state index in [1.54, 1.807) is 0 Å². The summed E-state index contributed by atoms with van der Waals surface area (Å²) in [5.74, 6) is 1.77. The zero-order valence-corrected chi connectivity index (χ0v) is 13.3. The van der Waals surface area contributed by atoms with Crippen molar-refractivity contribution in [1.29, 1.82) is 0 Å². The molecule has 1 fully saturated rings. The Kier molecular flexibility index (Phi) is 4.28. The van der Waals surface area contributed by atoms with Crippen molar-refractivity contribution in [2.24, 2.45) is 0 Å². The van der Waals surface area contributed by atoms with Gasteiger partial charge in [-0.05, 0) is 18.9 Å². The minimum atomic E-state index is 0.828. The number of nitrogens with zero attached hydrogens (tertiary/aromatic N) is 6. The van der Waals surface area contributed by atoms with Crippen LogP contribution in [0.5, 0.6) is 0 Å². The summed E-state index contributed by atoms with van der Waals surface area (Å²) >= 11 is 1.50. The molecule has 0 saturated carbocycles. The lowest BCUT2D eigenvalue weighted by atomic mass is 10.4. The molecule has 7 heteroatoms. The van der Waals surface area contributed by atoms with Crippen LogP contribution in [0.25, 0.3) is 0 Å². The highest BCUT2D eigenvalue weighted by Crippen LogP contribution is 2.20. The summed E-state index contributed by atoms with van der Waals surface area (Å²) in [6, 6.07) is 0. The Balaban J connectivity index is 1.67. The van der Waals surface area contributed by atoms with Crippen LogP contribution in [0.4, 0.5) is 11.1 Å². The minimum Gasteiger partial charge on any atom is -0.345 e. The summed E-state index contributed by atoms with van der Waals surface area (Å²) in [6.45, 7) is 7.96. The largest absolute Gasteiger partial charge is 0.345 e. The van der Waals surface area contributed by atoms with Crippen LogP contribution in [0.3, 0.4) is 0 Å². The summed E-state index contributed by atoms with van der Waals surface area (Å²) in [4.78, 5) is 18.0. The third-order valence-corrected chi connectivity index (χ3v) is 4.40. The third kappa shape index (κ3) is 3.29. The van der Waals surface area contributed by atoms with Gasteiger partial charge in [0.05, 0.1) is 0 Å². The zero-order valence-electron chi connectivity index (χ0n) is 12.5.